The van der Waals surface area contributed by atoms with Crippen LogP contribution in [0.1, 0.15) is 21.5 Å². The number of halogens is 1. The highest BCUT2D eigenvalue weighted by atomic mass is 127. The lowest BCUT2D eigenvalue weighted by molar-refractivity contribution is 0.0953. The van der Waals surface area contributed by atoms with E-state index in [0.717, 1.165) is 19.3 Å². The van der Waals surface area contributed by atoms with Crippen LogP contribution in [0.3, 0.4) is 0 Å². The van der Waals surface area contributed by atoms with Crippen molar-refractivity contribution in [3.05, 3.63) is 71.8 Å². The van der Waals surface area contributed by atoms with Crippen LogP contribution in [0.5, 0.6) is 0 Å². The van der Waals surface area contributed by atoms with Crippen LogP contribution in [0.4, 0.5) is 0 Å². The molecule has 0 aliphatic carbocycles. The van der Waals surface area contributed by atoms with Crippen molar-refractivity contribution in [2.24, 2.45) is 0 Å². The largest absolute Gasteiger partial charge is 0.331 e. The minimum absolute atomic E-state index is 0.104. The summed E-state index contributed by atoms with van der Waals surface area (Å²) in [5.41, 5.74) is 2.76. The predicted molar refractivity (Wildman–Crippen MR) is 102 cm³/mol. The van der Waals surface area contributed by atoms with Crippen molar-refractivity contribution >= 4 is 51.6 Å². The van der Waals surface area contributed by atoms with Gasteiger partial charge in [-0.05, 0) is 90.1 Å². The molecule has 1 heterocycles. The summed E-state index contributed by atoms with van der Waals surface area (Å²) in [6.07, 6.45) is 0. The van der Waals surface area contributed by atoms with Crippen molar-refractivity contribution in [1.82, 2.24) is 9.55 Å². The predicted octanol–water partition coefficient (Wildman–Crippen LogP) is 3.97. The van der Waals surface area contributed by atoms with Gasteiger partial charge in [-0.15, -0.1) is 0 Å². The standard InChI is InChI=1S/C17H13IN2O2S/c1-9-3-4-11(7-10(9)2)15(21)20-16(22)13-8-12(18)5-6-14(13)19-17(20)23/h3-8H,1-2H3,(H,19,23). The average Bonchev–Trinajstić information content (AvgIpc) is 2.51. The minimum Gasteiger partial charge on any atom is -0.331 e. The van der Waals surface area contributed by atoms with Gasteiger partial charge in [0.1, 0.15) is 0 Å². The Bertz CT molecular complexity index is 1070. The Morgan fingerprint density at radius 1 is 1.13 bits per heavy atom. The Hall–Kier alpha value is -1.80. The lowest BCUT2D eigenvalue weighted by Gasteiger charge is -2.09. The van der Waals surface area contributed by atoms with Gasteiger partial charge < -0.3 is 4.98 Å². The van der Waals surface area contributed by atoms with E-state index in [1.807, 2.05) is 26.0 Å². The Labute approximate surface area is 151 Å². The zero-order chi connectivity index (χ0) is 16.7. The summed E-state index contributed by atoms with van der Waals surface area (Å²) in [5, 5.41) is 0.447. The van der Waals surface area contributed by atoms with E-state index in [0.29, 0.717) is 16.5 Å². The van der Waals surface area contributed by atoms with E-state index in [-0.39, 0.29) is 4.77 Å². The quantitative estimate of drug-likeness (QED) is 0.464. The first kappa shape index (κ1) is 16.1. The van der Waals surface area contributed by atoms with Crippen molar-refractivity contribution in [3.8, 4) is 0 Å². The highest BCUT2D eigenvalue weighted by Gasteiger charge is 2.15. The Morgan fingerprint density at radius 3 is 2.57 bits per heavy atom. The summed E-state index contributed by atoms with van der Waals surface area (Å²) in [4.78, 5) is 28.4. The lowest BCUT2D eigenvalue weighted by Crippen LogP contribution is -2.29. The number of carbonyl (C=O) groups is 1. The first-order valence-corrected chi connectivity index (χ1v) is 8.44. The average molecular weight is 436 g/mol. The number of fused-ring (bicyclic) bond motifs is 1. The number of carbonyl (C=O) groups excluding carboxylic acids is 1. The van der Waals surface area contributed by atoms with E-state index in [9.17, 15) is 9.59 Å². The number of nitrogens with one attached hydrogen (secondary N) is 1. The van der Waals surface area contributed by atoms with Crippen molar-refractivity contribution in [2.75, 3.05) is 0 Å². The van der Waals surface area contributed by atoms with E-state index in [1.54, 1.807) is 24.3 Å². The molecule has 0 fully saturated rings. The van der Waals surface area contributed by atoms with Gasteiger partial charge in [-0.25, -0.2) is 4.57 Å². The molecule has 1 N–H and O–H groups in total. The molecule has 0 saturated carbocycles. The molecule has 116 valence electrons. The third-order valence-electron chi connectivity index (χ3n) is 3.82. The van der Waals surface area contributed by atoms with Crippen LogP contribution in [0, 0.1) is 22.2 Å². The van der Waals surface area contributed by atoms with E-state index in [1.165, 1.54) is 0 Å². The topological polar surface area (TPSA) is 54.9 Å². The van der Waals surface area contributed by atoms with Gasteiger partial charge in [-0.2, -0.15) is 0 Å². The molecule has 0 amide bonds. The molecule has 0 aliphatic rings. The van der Waals surface area contributed by atoms with Gasteiger partial charge in [-0.1, -0.05) is 6.07 Å². The number of aromatic amines is 1. The highest BCUT2D eigenvalue weighted by Crippen LogP contribution is 2.14. The third kappa shape index (κ3) is 2.88. The Morgan fingerprint density at radius 2 is 1.87 bits per heavy atom. The second-order valence-corrected chi connectivity index (χ2v) is 7.00. The molecule has 0 unspecified atom stereocenters. The zero-order valence-electron chi connectivity index (χ0n) is 12.5. The maximum atomic E-state index is 12.8. The van der Waals surface area contributed by atoms with Gasteiger partial charge >= 0.3 is 0 Å². The summed E-state index contributed by atoms with van der Waals surface area (Å²) in [6, 6.07) is 10.8. The molecule has 0 bridgehead atoms. The number of nitrogens with zero attached hydrogens (tertiary/aromatic N) is 1. The number of benzene rings is 2. The summed E-state index contributed by atoms with van der Waals surface area (Å²) in [6.45, 7) is 3.90. The van der Waals surface area contributed by atoms with E-state index in [2.05, 4.69) is 27.6 Å². The summed E-state index contributed by atoms with van der Waals surface area (Å²) >= 11 is 7.35. The number of aromatic nitrogens is 2. The molecule has 1 aromatic heterocycles. The number of H-pyrrole nitrogens is 1. The van der Waals surface area contributed by atoms with E-state index >= 15 is 0 Å². The molecule has 0 atom stereocenters. The fraction of sp³-hybridized carbons (Fsp3) is 0.118. The third-order valence-corrected chi connectivity index (χ3v) is 4.77. The number of rotatable bonds is 1. The Balaban J connectivity index is 2.27. The molecule has 3 rings (SSSR count). The maximum absolute atomic E-state index is 12.8. The number of hydrogen-bond donors (Lipinski definition) is 1. The van der Waals surface area contributed by atoms with Crippen LogP contribution in [-0.4, -0.2) is 15.5 Å². The summed E-state index contributed by atoms with van der Waals surface area (Å²) in [7, 11) is 0. The van der Waals surface area contributed by atoms with Crippen molar-refractivity contribution in [3.63, 3.8) is 0 Å². The molecular formula is C17H13IN2O2S. The molecule has 6 heteroatoms. The van der Waals surface area contributed by atoms with Crippen LogP contribution in [-0.2, 0) is 0 Å². The van der Waals surface area contributed by atoms with Crippen LogP contribution in [0.25, 0.3) is 10.9 Å². The summed E-state index contributed by atoms with van der Waals surface area (Å²) < 4.78 is 2.05. The molecule has 0 saturated heterocycles. The lowest BCUT2D eigenvalue weighted by atomic mass is 10.1. The second kappa shape index (κ2) is 6.01. The molecule has 3 aromatic rings. The second-order valence-electron chi connectivity index (χ2n) is 5.36. The molecule has 4 nitrogen and oxygen atoms in total. The van der Waals surface area contributed by atoms with Crippen molar-refractivity contribution in [1.29, 1.82) is 0 Å². The van der Waals surface area contributed by atoms with Gasteiger partial charge in [-0.3, -0.25) is 9.59 Å². The SMILES string of the molecule is Cc1ccc(C(=O)n2c(=S)[nH]c3ccc(I)cc3c2=O)cc1C. The highest BCUT2D eigenvalue weighted by molar-refractivity contribution is 14.1. The number of aryl methyl sites for hydroxylation is 2. The van der Waals surface area contributed by atoms with Gasteiger partial charge in [0.05, 0.1) is 10.9 Å². The Kier molecular flexibility index (Phi) is 4.20. The maximum Gasteiger partial charge on any atom is 0.269 e. The fourth-order valence-corrected chi connectivity index (χ4v) is 3.14. The van der Waals surface area contributed by atoms with Crippen LogP contribution in [0.2, 0.25) is 0 Å². The van der Waals surface area contributed by atoms with Gasteiger partial charge in [0.15, 0.2) is 4.77 Å². The zero-order valence-corrected chi connectivity index (χ0v) is 15.5. The summed E-state index contributed by atoms with van der Waals surface area (Å²) in [5.74, 6) is -0.417. The van der Waals surface area contributed by atoms with E-state index < -0.39 is 11.5 Å². The van der Waals surface area contributed by atoms with E-state index in [4.69, 9.17) is 12.2 Å². The number of hydrogen-bond acceptors (Lipinski definition) is 3. The normalized spacial score (nSPS) is 10.9. The van der Waals surface area contributed by atoms with Crippen molar-refractivity contribution in [2.45, 2.75) is 13.8 Å². The van der Waals surface area contributed by atoms with Crippen LogP contribution >= 0.6 is 34.8 Å². The van der Waals surface area contributed by atoms with Gasteiger partial charge in [0.25, 0.3) is 11.5 Å². The molecule has 0 radical (unpaired) electrons. The van der Waals surface area contributed by atoms with Crippen LogP contribution < -0.4 is 5.56 Å². The van der Waals surface area contributed by atoms with Gasteiger partial charge in [0.2, 0.25) is 0 Å². The molecule has 23 heavy (non-hydrogen) atoms. The first-order valence-electron chi connectivity index (χ1n) is 6.95. The molecule has 0 spiro atoms. The molecule has 0 aliphatic heterocycles. The molecule has 2 aromatic carbocycles. The van der Waals surface area contributed by atoms with Gasteiger partial charge in [0, 0.05) is 9.13 Å². The van der Waals surface area contributed by atoms with Crippen LogP contribution in [0.15, 0.2) is 41.2 Å². The van der Waals surface area contributed by atoms with Crippen molar-refractivity contribution < 1.29 is 4.79 Å². The fourth-order valence-electron chi connectivity index (χ4n) is 2.37. The minimum atomic E-state index is -0.417. The monoisotopic (exact) mass is 436 g/mol. The first-order chi connectivity index (χ1) is 10.9. The smallest absolute Gasteiger partial charge is 0.269 e. The molecular weight excluding hydrogens is 423 g/mol.